The Bertz CT molecular complexity index is 318. The molecule has 0 aliphatic heterocycles. The van der Waals surface area contributed by atoms with E-state index in [0.29, 0.717) is 12.0 Å². The van der Waals surface area contributed by atoms with Crippen molar-refractivity contribution in [2.45, 2.75) is 26.4 Å². The lowest BCUT2D eigenvalue weighted by molar-refractivity contribution is 0.146. The van der Waals surface area contributed by atoms with E-state index in [2.05, 4.69) is 40.1 Å². The fraction of sp³-hybridized carbons (Fsp3) is 0.583. The lowest BCUT2D eigenvalue weighted by Crippen LogP contribution is -2.37. The monoisotopic (exact) mass is 286 g/mol. The largest absolute Gasteiger partial charge is 0.383 e. The average Bonchev–Trinajstić information content (AvgIpc) is 2.24. The third kappa shape index (κ3) is 4.60. The normalized spacial score (nSPS) is 13.1. The molecule has 1 rings (SSSR count). The van der Waals surface area contributed by atoms with Crippen molar-refractivity contribution in [1.29, 1.82) is 0 Å². The number of nitrogens with zero attached hydrogens (tertiary/aromatic N) is 1. The first-order chi connectivity index (χ1) is 7.63. The molecular formula is C12H19BrN2O. The molecule has 0 bridgehead atoms. The van der Waals surface area contributed by atoms with Crippen LogP contribution in [0.4, 0.5) is 0 Å². The highest BCUT2D eigenvalue weighted by molar-refractivity contribution is 9.10. The minimum atomic E-state index is 0.366. The zero-order valence-corrected chi connectivity index (χ0v) is 11.6. The summed E-state index contributed by atoms with van der Waals surface area (Å²) in [7, 11) is 1.73. The molecule has 1 aromatic rings. The van der Waals surface area contributed by atoms with Gasteiger partial charge in [-0.1, -0.05) is 19.9 Å². The van der Waals surface area contributed by atoms with Crippen molar-refractivity contribution in [1.82, 2.24) is 10.3 Å². The molecule has 4 heteroatoms. The molecule has 90 valence electrons. The van der Waals surface area contributed by atoms with Gasteiger partial charge in [0.15, 0.2) is 0 Å². The van der Waals surface area contributed by atoms with E-state index in [4.69, 9.17) is 4.74 Å². The molecule has 1 N–H and O–H groups in total. The van der Waals surface area contributed by atoms with E-state index in [-0.39, 0.29) is 0 Å². The van der Waals surface area contributed by atoms with E-state index in [1.54, 1.807) is 7.11 Å². The summed E-state index contributed by atoms with van der Waals surface area (Å²) in [6.45, 7) is 5.87. The van der Waals surface area contributed by atoms with Gasteiger partial charge in [0, 0.05) is 19.7 Å². The minimum Gasteiger partial charge on any atom is -0.383 e. The summed E-state index contributed by atoms with van der Waals surface area (Å²) in [5, 5.41) is 3.46. The Kier molecular flexibility index (Phi) is 5.95. The number of ether oxygens (including phenoxy) is 1. The predicted molar refractivity (Wildman–Crippen MR) is 69.3 cm³/mol. The highest BCUT2D eigenvalue weighted by Crippen LogP contribution is 2.07. The van der Waals surface area contributed by atoms with Crippen molar-refractivity contribution in [3.8, 4) is 0 Å². The number of hydrogen-bond donors (Lipinski definition) is 1. The lowest BCUT2D eigenvalue weighted by Gasteiger charge is -2.21. The van der Waals surface area contributed by atoms with Crippen LogP contribution >= 0.6 is 15.9 Å². The summed E-state index contributed by atoms with van der Waals surface area (Å²) in [4.78, 5) is 4.38. The Labute approximate surface area is 106 Å². The number of hydrogen-bond acceptors (Lipinski definition) is 3. The van der Waals surface area contributed by atoms with Crippen molar-refractivity contribution in [2.24, 2.45) is 5.92 Å². The van der Waals surface area contributed by atoms with Crippen LogP contribution in [0.1, 0.15) is 19.5 Å². The van der Waals surface area contributed by atoms with Crippen molar-refractivity contribution in [3.63, 3.8) is 0 Å². The molecule has 0 radical (unpaired) electrons. The summed E-state index contributed by atoms with van der Waals surface area (Å²) in [6, 6.07) is 6.31. The van der Waals surface area contributed by atoms with Crippen LogP contribution in [0.15, 0.2) is 22.8 Å². The maximum Gasteiger partial charge on any atom is 0.106 e. The predicted octanol–water partition coefficient (Wildman–Crippen LogP) is 2.60. The molecule has 0 aliphatic carbocycles. The molecule has 0 aromatic carbocycles. The van der Waals surface area contributed by atoms with Crippen LogP contribution in [0.3, 0.4) is 0 Å². The number of rotatable bonds is 6. The van der Waals surface area contributed by atoms with Crippen LogP contribution < -0.4 is 5.32 Å². The van der Waals surface area contributed by atoms with Gasteiger partial charge in [-0.15, -0.1) is 0 Å². The first kappa shape index (κ1) is 13.6. The maximum absolute atomic E-state index is 5.19. The first-order valence-corrected chi connectivity index (χ1v) is 6.26. The molecule has 0 spiro atoms. The van der Waals surface area contributed by atoms with Crippen LogP contribution in [0.25, 0.3) is 0 Å². The van der Waals surface area contributed by atoms with Gasteiger partial charge < -0.3 is 10.1 Å². The van der Waals surface area contributed by atoms with E-state index < -0.39 is 0 Å². The molecular weight excluding hydrogens is 268 g/mol. The number of aromatic nitrogens is 1. The van der Waals surface area contributed by atoms with Gasteiger partial charge in [0.05, 0.1) is 12.3 Å². The van der Waals surface area contributed by atoms with Gasteiger partial charge >= 0.3 is 0 Å². The zero-order chi connectivity index (χ0) is 12.0. The number of methoxy groups -OCH3 is 1. The van der Waals surface area contributed by atoms with Crippen LogP contribution in [-0.4, -0.2) is 24.7 Å². The second-order valence-corrected chi connectivity index (χ2v) is 4.95. The Morgan fingerprint density at radius 1 is 1.44 bits per heavy atom. The molecule has 0 aliphatic rings. The highest BCUT2D eigenvalue weighted by Gasteiger charge is 2.12. The summed E-state index contributed by atoms with van der Waals surface area (Å²) >= 11 is 3.37. The third-order valence-electron chi connectivity index (χ3n) is 2.47. The van der Waals surface area contributed by atoms with E-state index in [1.165, 1.54) is 0 Å². The maximum atomic E-state index is 5.19. The van der Waals surface area contributed by atoms with Gasteiger partial charge in [0.2, 0.25) is 0 Å². The van der Waals surface area contributed by atoms with Crippen LogP contribution in [0.5, 0.6) is 0 Å². The summed E-state index contributed by atoms with van der Waals surface area (Å²) in [5.41, 5.74) is 1.04. The van der Waals surface area contributed by atoms with Crippen molar-refractivity contribution >= 4 is 15.9 Å². The molecule has 0 saturated heterocycles. The van der Waals surface area contributed by atoms with Crippen LogP contribution in [0.2, 0.25) is 0 Å². The van der Waals surface area contributed by atoms with Gasteiger partial charge in [-0.2, -0.15) is 0 Å². The van der Waals surface area contributed by atoms with Gasteiger partial charge in [-0.3, -0.25) is 0 Å². The van der Waals surface area contributed by atoms with E-state index in [1.807, 2.05) is 18.2 Å². The van der Waals surface area contributed by atoms with Crippen molar-refractivity contribution < 1.29 is 4.74 Å². The van der Waals surface area contributed by atoms with Gasteiger partial charge in [-0.05, 0) is 34.0 Å². The van der Waals surface area contributed by atoms with E-state index >= 15 is 0 Å². The van der Waals surface area contributed by atoms with E-state index in [0.717, 1.165) is 23.4 Å². The zero-order valence-electron chi connectivity index (χ0n) is 10.0. The summed E-state index contributed by atoms with van der Waals surface area (Å²) in [5.74, 6) is 0.548. The summed E-state index contributed by atoms with van der Waals surface area (Å²) in [6.07, 6.45) is 0. The molecule has 3 nitrogen and oxygen atoms in total. The van der Waals surface area contributed by atoms with Gasteiger partial charge in [0.1, 0.15) is 4.60 Å². The number of nitrogens with one attached hydrogen (secondary N) is 1. The van der Waals surface area contributed by atoms with Crippen molar-refractivity contribution in [2.75, 3.05) is 13.7 Å². The molecule has 1 heterocycles. The fourth-order valence-electron chi connectivity index (χ4n) is 1.45. The standard InChI is InChI=1S/C12H19BrN2O/c1-9(2)11(8-16-3)14-7-10-5-4-6-12(13)15-10/h4-6,9,11,14H,7-8H2,1-3H3. The van der Waals surface area contributed by atoms with Gasteiger partial charge in [-0.25, -0.2) is 4.98 Å². The molecule has 1 aromatic heterocycles. The molecule has 0 fully saturated rings. The highest BCUT2D eigenvalue weighted by atomic mass is 79.9. The molecule has 1 atom stereocenters. The third-order valence-corrected chi connectivity index (χ3v) is 2.91. The lowest BCUT2D eigenvalue weighted by atomic mass is 10.1. The Balaban J connectivity index is 2.48. The van der Waals surface area contributed by atoms with Gasteiger partial charge in [0.25, 0.3) is 0 Å². The summed E-state index contributed by atoms with van der Waals surface area (Å²) < 4.78 is 6.06. The quantitative estimate of drug-likeness (QED) is 0.817. The Morgan fingerprint density at radius 2 is 2.19 bits per heavy atom. The average molecular weight is 287 g/mol. The molecule has 0 amide bonds. The topological polar surface area (TPSA) is 34.1 Å². The first-order valence-electron chi connectivity index (χ1n) is 5.47. The number of pyridine rings is 1. The second kappa shape index (κ2) is 6.99. The van der Waals surface area contributed by atoms with Crippen LogP contribution in [-0.2, 0) is 11.3 Å². The Hall–Kier alpha value is -0.450. The van der Waals surface area contributed by atoms with E-state index in [9.17, 15) is 0 Å². The molecule has 0 saturated carbocycles. The smallest absolute Gasteiger partial charge is 0.106 e. The van der Waals surface area contributed by atoms with Crippen molar-refractivity contribution in [3.05, 3.63) is 28.5 Å². The SMILES string of the molecule is COCC(NCc1cccc(Br)n1)C(C)C. The molecule has 1 unspecified atom stereocenters. The minimum absolute atomic E-state index is 0.366. The Morgan fingerprint density at radius 3 is 2.75 bits per heavy atom. The fourth-order valence-corrected chi connectivity index (χ4v) is 1.83. The van der Waals surface area contributed by atoms with Crippen LogP contribution in [0, 0.1) is 5.92 Å². The molecule has 16 heavy (non-hydrogen) atoms. The second-order valence-electron chi connectivity index (χ2n) is 4.14. The number of halogens is 1.